The van der Waals surface area contributed by atoms with Gasteiger partial charge in [0.05, 0.1) is 21.1 Å². The monoisotopic (exact) mass is 308 g/mol. The Labute approximate surface area is 112 Å². The highest BCUT2D eigenvalue weighted by Gasteiger charge is 2.29. The predicted octanol–water partition coefficient (Wildman–Crippen LogP) is 3.27. The van der Waals surface area contributed by atoms with E-state index in [9.17, 15) is 4.79 Å². The van der Waals surface area contributed by atoms with Gasteiger partial charge in [0, 0.05) is 5.39 Å². The summed E-state index contributed by atoms with van der Waals surface area (Å²) in [5, 5.41) is 1.01. The maximum Gasteiger partial charge on any atom is 0.340 e. The Bertz CT molecular complexity index is 704. The molecule has 1 aromatic carbocycles. The standard InChI is InChI=1S/C13H13BrN2O2/c1-13(2,3)18-12(17)6-4-5-7-8-9(14)11(15)16(7)10(6)8/h4-5H,15H2,1-3H3. The van der Waals surface area contributed by atoms with E-state index in [2.05, 4.69) is 15.9 Å². The highest BCUT2D eigenvalue weighted by atomic mass is 79.9. The zero-order chi connectivity index (χ0) is 13.2. The number of halogens is 1. The number of carbonyl (C=O) groups excluding carboxylic acids is 1. The van der Waals surface area contributed by atoms with Gasteiger partial charge < -0.3 is 10.5 Å². The number of nitrogens with two attached hydrogens (primary N) is 1. The lowest BCUT2D eigenvalue weighted by Gasteiger charge is -2.21. The second kappa shape index (κ2) is 3.29. The van der Waals surface area contributed by atoms with Crippen LogP contribution in [0.2, 0.25) is 0 Å². The molecule has 5 aromatic rings. The molecule has 0 saturated heterocycles. The molecule has 5 rings (SSSR count). The van der Waals surface area contributed by atoms with Crippen molar-refractivity contribution >= 4 is 44.1 Å². The fraction of sp³-hybridized carbons (Fsp3) is 0.308. The van der Waals surface area contributed by atoms with Crippen LogP contribution in [0.25, 0.3) is 16.4 Å². The van der Waals surface area contributed by atoms with Crippen LogP contribution in [0, 0.1) is 0 Å². The number of hydrogen-bond donors (Lipinski definition) is 1. The van der Waals surface area contributed by atoms with Gasteiger partial charge >= 0.3 is 5.97 Å². The fourth-order valence-corrected chi connectivity index (χ4v) is 2.83. The van der Waals surface area contributed by atoms with Crippen molar-refractivity contribution in [3.63, 3.8) is 0 Å². The van der Waals surface area contributed by atoms with E-state index in [0.717, 1.165) is 20.9 Å². The second-order valence-corrected chi connectivity index (χ2v) is 6.19. The van der Waals surface area contributed by atoms with E-state index in [-0.39, 0.29) is 5.97 Å². The SMILES string of the molecule is CC(C)(C)OC(=O)c1ccc2c3c(Br)c(N)n2c13. The van der Waals surface area contributed by atoms with Gasteiger partial charge in [-0.15, -0.1) is 0 Å². The van der Waals surface area contributed by atoms with Crippen molar-refractivity contribution < 1.29 is 9.53 Å². The molecular formula is C13H13BrN2O2. The van der Waals surface area contributed by atoms with Crippen molar-refractivity contribution in [2.24, 2.45) is 0 Å². The molecule has 0 amide bonds. The minimum absolute atomic E-state index is 0.315. The van der Waals surface area contributed by atoms with Crippen LogP contribution in [-0.2, 0) is 4.74 Å². The van der Waals surface area contributed by atoms with E-state index in [1.807, 2.05) is 31.2 Å². The number of esters is 1. The van der Waals surface area contributed by atoms with Gasteiger partial charge in [0.2, 0.25) is 0 Å². The lowest BCUT2D eigenvalue weighted by molar-refractivity contribution is 0.00715. The molecule has 94 valence electrons. The Morgan fingerprint density at radius 1 is 1.39 bits per heavy atom. The van der Waals surface area contributed by atoms with E-state index < -0.39 is 5.60 Å². The fourth-order valence-electron chi connectivity index (χ4n) is 2.26. The first-order chi connectivity index (χ1) is 8.31. The number of pyridine rings is 1. The highest BCUT2D eigenvalue weighted by molar-refractivity contribution is 9.10. The Hall–Kier alpha value is -1.49. The predicted molar refractivity (Wildman–Crippen MR) is 74.6 cm³/mol. The molecule has 18 heavy (non-hydrogen) atoms. The minimum atomic E-state index is -0.499. The first kappa shape index (κ1) is 11.6. The molecular weight excluding hydrogens is 296 g/mol. The summed E-state index contributed by atoms with van der Waals surface area (Å²) in [4.78, 5) is 12.1. The third-order valence-corrected chi connectivity index (χ3v) is 3.73. The van der Waals surface area contributed by atoms with Crippen LogP contribution in [0.3, 0.4) is 0 Å². The van der Waals surface area contributed by atoms with Crippen LogP contribution in [0.4, 0.5) is 5.82 Å². The smallest absolute Gasteiger partial charge is 0.340 e. The number of nitrogens with zero attached hydrogens (tertiary/aromatic N) is 1. The molecule has 4 bridgehead atoms. The van der Waals surface area contributed by atoms with Crippen LogP contribution in [0.5, 0.6) is 0 Å². The third kappa shape index (κ3) is 1.34. The summed E-state index contributed by atoms with van der Waals surface area (Å²) in [6.07, 6.45) is 0. The summed E-state index contributed by atoms with van der Waals surface area (Å²) in [5.74, 6) is 0.324. The Morgan fingerprint density at radius 2 is 2.06 bits per heavy atom. The average molecular weight is 309 g/mol. The van der Waals surface area contributed by atoms with E-state index in [0.29, 0.717) is 11.4 Å². The Kier molecular flexibility index (Phi) is 2.12. The number of carbonyl (C=O) groups is 1. The summed E-state index contributed by atoms with van der Waals surface area (Å²) in [6, 6.07) is 3.68. The van der Waals surface area contributed by atoms with Gasteiger partial charge in [-0.3, -0.25) is 4.40 Å². The summed E-state index contributed by atoms with van der Waals surface area (Å²) in [5.41, 5.74) is 7.90. The third-order valence-electron chi connectivity index (χ3n) is 2.92. The van der Waals surface area contributed by atoms with Gasteiger partial charge in [-0.25, -0.2) is 4.79 Å². The van der Waals surface area contributed by atoms with Crippen molar-refractivity contribution in [1.29, 1.82) is 0 Å². The van der Waals surface area contributed by atoms with Gasteiger partial charge in [0.25, 0.3) is 0 Å². The first-order valence-corrected chi connectivity index (χ1v) is 6.46. The zero-order valence-electron chi connectivity index (χ0n) is 10.4. The first-order valence-electron chi connectivity index (χ1n) is 5.67. The largest absolute Gasteiger partial charge is 0.456 e. The van der Waals surface area contributed by atoms with E-state index in [4.69, 9.17) is 10.5 Å². The average Bonchev–Trinajstić information content (AvgIpc) is 2.64. The number of fused-ring (bicyclic) bond motifs is 3. The molecule has 0 aliphatic carbocycles. The van der Waals surface area contributed by atoms with E-state index in [1.165, 1.54) is 0 Å². The zero-order valence-corrected chi connectivity index (χ0v) is 12.0. The Balaban J connectivity index is 2.12. The second-order valence-electron chi connectivity index (χ2n) is 5.39. The van der Waals surface area contributed by atoms with Crippen LogP contribution in [-0.4, -0.2) is 16.0 Å². The van der Waals surface area contributed by atoms with Crippen LogP contribution >= 0.6 is 15.9 Å². The maximum atomic E-state index is 12.1. The van der Waals surface area contributed by atoms with Gasteiger partial charge in [-0.2, -0.15) is 0 Å². The van der Waals surface area contributed by atoms with Crippen molar-refractivity contribution in [3.05, 3.63) is 22.2 Å². The van der Waals surface area contributed by atoms with Crippen LogP contribution < -0.4 is 5.73 Å². The minimum Gasteiger partial charge on any atom is -0.456 e. The van der Waals surface area contributed by atoms with Crippen molar-refractivity contribution in [1.82, 2.24) is 4.40 Å². The summed E-state index contributed by atoms with van der Waals surface area (Å²) < 4.78 is 8.13. The lowest BCUT2D eigenvalue weighted by Crippen LogP contribution is -2.24. The van der Waals surface area contributed by atoms with Crippen molar-refractivity contribution in [2.45, 2.75) is 26.4 Å². The molecule has 0 atom stereocenters. The molecule has 5 heteroatoms. The van der Waals surface area contributed by atoms with Crippen molar-refractivity contribution in [3.8, 4) is 0 Å². The Morgan fingerprint density at radius 3 is 2.56 bits per heavy atom. The molecule has 0 unspecified atom stereocenters. The number of rotatable bonds is 1. The molecule has 4 aromatic heterocycles. The molecule has 4 nitrogen and oxygen atoms in total. The number of nitrogen functional groups attached to an aromatic ring is 1. The lowest BCUT2D eigenvalue weighted by atomic mass is 10.1. The van der Waals surface area contributed by atoms with E-state index >= 15 is 0 Å². The molecule has 0 spiro atoms. The molecule has 0 aliphatic heterocycles. The normalized spacial score (nSPS) is 12.9. The maximum absolute atomic E-state index is 12.1. The quantitative estimate of drug-likeness (QED) is 0.702. The number of hydrogen-bond acceptors (Lipinski definition) is 3. The van der Waals surface area contributed by atoms with E-state index in [1.54, 1.807) is 6.07 Å². The van der Waals surface area contributed by atoms with Crippen LogP contribution in [0.15, 0.2) is 16.6 Å². The molecule has 4 heterocycles. The molecule has 0 radical (unpaired) electrons. The van der Waals surface area contributed by atoms with Gasteiger partial charge in [-0.1, -0.05) is 0 Å². The summed E-state index contributed by atoms with van der Waals surface area (Å²) >= 11 is 3.44. The summed E-state index contributed by atoms with van der Waals surface area (Å²) in [6.45, 7) is 5.56. The summed E-state index contributed by atoms with van der Waals surface area (Å²) in [7, 11) is 0. The molecule has 0 aliphatic rings. The van der Waals surface area contributed by atoms with Crippen molar-refractivity contribution in [2.75, 3.05) is 5.73 Å². The molecule has 0 fully saturated rings. The highest BCUT2D eigenvalue weighted by Crippen LogP contribution is 2.44. The number of ether oxygens (including phenoxy) is 1. The number of anilines is 1. The molecule has 0 saturated carbocycles. The number of aromatic nitrogens is 1. The number of benzene rings is 1. The van der Waals surface area contributed by atoms with Gasteiger partial charge in [-0.05, 0) is 48.8 Å². The van der Waals surface area contributed by atoms with Gasteiger partial charge in [0.15, 0.2) is 0 Å². The molecule has 2 N–H and O–H groups in total. The topological polar surface area (TPSA) is 56.7 Å². The van der Waals surface area contributed by atoms with Gasteiger partial charge in [0.1, 0.15) is 11.4 Å². The van der Waals surface area contributed by atoms with Crippen LogP contribution in [0.1, 0.15) is 31.1 Å².